The number of rotatable bonds is 28. The number of hydrogen-bond donors (Lipinski definition) is 1. The van der Waals surface area contributed by atoms with Gasteiger partial charge in [-0.15, -0.1) is 0 Å². The molecule has 8 heteroatoms. The molecule has 0 aromatic heterocycles. The molecule has 0 saturated carbocycles. The minimum absolute atomic E-state index is 0.00382. The maximum absolute atomic E-state index is 12.5. The molecule has 0 amide bonds. The molecule has 1 atom stereocenters. The summed E-state index contributed by atoms with van der Waals surface area (Å²) in [7, 11) is -4.31. The van der Waals surface area contributed by atoms with Gasteiger partial charge in [0, 0.05) is 0 Å². The van der Waals surface area contributed by atoms with Gasteiger partial charge in [-0.2, -0.15) is 8.42 Å². The fourth-order valence-electron chi connectivity index (χ4n) is 5.15. The number of carbonyl (C=O) groups excluding carboxylic acids is 2. The van der Waals surface area contributed by atoms with Gasteiger partial charge in [-0.25, -0.2) is 9.59 Å². The van der Waals surface area contributed by atoms with Crippen LogP contribution in [0.4, 0.5) is 0 Å². The van der Waals surface area contributed by atoms with E-state index in [4.69, 9.17) is 14.0 Å². The summed E-state index contributed by atoms with van der Waals surface area (Å²) in [5.74, 6) is -1.45. The average molecular weight is 625 g/mol. The van der Waals surface area contributed by atoms with E-state index in [0.29, 0.717) is 0 Å². The van der Waals surface area contributed by atoms with Gasteiger partial charge in [0.1, 0.15) is 11.9 Å². The molecule has 0 aliphatic carbocycles. The van der Waals surface area contributed by atoms with Crippen molar-refractivity contribution in [2.75, 3.05) is 13.2 Å². The molecule has 0 spiro atoms. The Morgan fingerprint density at radius 3 is 1.28 bits per heavy atom. The minimum atomic E-state index is -4.31. The lowest BCUT2D eigenvalue weighted by Gasteiger charge is -2.12. The number of carbonyl (C=O) groups is 2. The molecule has 0 aliphatic rings. The van der Waals surface area contributed by atoms with Crippen LogP contribution in [0.3, 0.4) is 0 Å². The monoisotopic (exact) mass is 624 g/mol. The molecular weight excluding hydrogens is 564 g/mol. The first-order valence-corrected chi connectivity index (χ1v) is 18.7. The first kappa shape index (κ1) is 39.1. The maximum atomic E-state index is 12.5. The van der Waals surface area contributed by atoms with Gasteiger partial charge in [0.25, 0.3) is 10.1 Å². The highest BCUT2D eigenvalue weighted by Gasteiger charge is 2.23. The molecule has 1 aromatic rings. The molecular formula is C35H60O7S. The summed E-state index contributed by atoms with van der Waals surface area (Å²) >= 11 is 0. The van der Waals surface area contributed by atoms with Crippen molar-refractivity contribution in [2.24, 2.45) is 0 Å². The third-order valence-corrected chi connectivity index (χ3v) is 9.21. The first-order chi connectivity index (χ1) is 20.8. The lowest BCUT2D eigenvalue weighted by Crippen LogP contribution is -2.25. The predicted molar refractivity (Wildman–Crippen MR) is 175 cm³/mol. The summed E-state index contributed by atoms with van der Waals surface area (Å²) < 4.78 is 41.6. The Morgan fingerprint density at radius 2 is 0.930 bits per heavy atom. The number of unbranched alkanes of at least 4 members (excludes halogenated alkanes) is 21. The fraction of sp³-hybridized carbons (Fsp3) is 0.771. The Labute approximate surface area is 262 Å². The van der Waals surface area contributed by atoms with Gasteiger partial charge in [-0.3, -0.25) is 4.55 Å². The van der Waals surface area contributed by atoms with E-state index in [1.165, 1.54) is 141 Å². The Kier molecular flexibility index (Phi) is 23.1. The van der Waals surface area contributed by atoms with Crippen LogP contribution < -0.4 is 0 Å². The molecule has 1 N–H and O–H groups in total. The summed E-state index contributed by atoms with van der Waals surface area (Å²) in [5, 5.41) is -1.26. The van der Waals surface area contributed by atoms with Crippen molar-refractivity contribution >= 4 is 22.1 Å². The van der Waals surface area contributed by atoms with Crippen LogP contribution in [0.15, 0.2) is 24.3 Å². The second kappa shape index (κ2) is 25.4. The molecule has 248 valence electrons. The van der Waals surface area contributed by atoms with E-state index in [1.807, 2.05) is 0 Å². The van der Waals surface area contributed by atoms with Crippen LogP contribution in [0.5, 0.6) is 0 Å². The fourth-order valence-corrected chi connectivity index (χ4v) is 5.39. The smallest absolute Gasteiger partial charge is 0.339 e. The zero-order valence-electron chi connectivity index (χ0n) is 27.2. The van der Waals surface area contributed by atoms with Crippen molar-refractivity contribution in [3.8, 4) is 0 Å². The van der Waals surface area contributed by atoms with E-state index >= 15 is 0 Å². The van der Waals surface area contributed by atoms with Crippen molar-refractivity contribution in [1.82, 2.24) is 0 Å². The number of hydrogen-bond acceptors (Lipinski definition) is 6. The summed E-state index contributed by atoms with van der Waals surface area (Å²) in [5.41, 5.74) is 0.0786. The topological polar surface area (TPSA) is 107 Å². The molecule has 0 heterocycles. The SMILES string of the molecule is CCCCCCCCCCCCCCCCCCCCCCCCOC(=O)c1ccccc1C(=O)OCC(C)S(=O)(=O)O. The van der Waals surface area contributed by atoms with E-state index in [0.717, 1.165) is 19.3 Å². The molecule has 43 heavy (non-hydrogen) atoms. The molecule has 0 fully saturated rings. The van der Waals surface area contributed by atoms with Crippen molar-refractivity contribution in [3.63, 3.8) is 0 Å². The van der Waals surface area contributed by atoms with E-state index in [9.17, 15) is 18.0 Å². The molecule has 1 aromatic carbocycles. The van der Waals surface area contributed by atoms with Crippen molar-refractivity contribution in [3.05, 3.63) is 35.4 Å². The van der Waals surface area contributed by atoms with Crippen LogP contribution in [0.25, 0.3) is 0 Å². The van der Waals surface area contributed by atoms with Crippen LogP contribution in [0.2, 0.25) is 0 Å². The Balaban J connectivity index is 1.97. The van der Waals surface area contributed by atoms with Crippen LogP contribution >= 0.6 is 0 Å². The quantitative estimate of drug-likeness (QED) is 0.0561. The third-order valence-electron chi connectivity index (χ3n) is 8.06. The minimum Gasteiger partial charge on any atom is -0.462 e. The number of ether oxygens (including phenoxy) is 2. The highest BCUT2D eigenvalue weighted by molar-refractivity contribution is 7.86. The number of benzene rings is 1. The van der Waals surface area contributed by atoms with Gasteiger partial charge in [-0.05, 0) is 25.5 Å². The van der Waals surface area contributed by atoms with Gasteiger partial charge >= 0.3 is 11.9 Å². The highest BCUT2D eigenvalue weighted by atomic mass is 32.2. The standard InChI is InChI=1S/C35H60O7S/c1-3-4-5-6-7-8-9-10-11-12-13-14-15-16-17-18-19-20-21-22-23-26-29-41-34(36)32-27-24-25-28-33(32)35(37)42-30-31(2)43(38,39)40/h24-25,27-28,31H,3-23,26,29-30H2,1-2H3,(H,38,39,40). The summed E-state index contributed by atoms with van der Waals surface area (Å²) in [4.78, 5) is 24.9. The van der Waals surface area contributed by atoms with Gasteiger partial charge in [-0.1, -0.05) is 154 Å². The Bertz CT molecular complexity index is 961. The van der Waals surface area contributed by atoms with E-state index in [-0.39, 0.29) is 17.7 Å². The second-order valence-corrected chi connectivity index (χ2v) is 13.9. The van der Waals surface area contributed by atoms with Crippen LogP contribution in [-0.4, -0.2) is 43.4 Å². The molecule has 7 nitrogen and oxygen atoms in total. The second-order valence-electron chi connectivity index (χ2n) is 12.0. The van der Waals surface area contributed by atoms with Crippen LogP contribution in [0, 0.1) is 0 Å². The zero-order chi connectivity index (χ0) is 31.6. The first-order valence-electron chi connectivity index (χ1n) is 17.2. The summed E-state index contributed by atoms with van der Waals surface area (Å²) in [6.07, 6.45) is 29.0. The Hall–Kier alpha value is -1.93. The number of esters is 2. The zero-order valence-corrected chi connectivity index (χ0v) is 28.0. The molecule has 0 radical (unpaired) electrons. The summed E-state index contributed by atoms with van der Waals surface area (Å²) in [6, 6.07) is 6.10. The van der Waals surface area contributed by atoms with Crippen LogP contribution in [0.1, 0.15) is 176 Å². The Morgan fingerprint density at radius 1 is 0.605 bits per heavy atom. The van der Waals surface area contributed by atoms with Gasteiger partial charge in [0.2, 0.25) is 0 Å². The molecule has 1 rings (SSSR count). The maximum Gasteiger partial charge on any atom is 0.339 e. The van der Waals surface area contributed by atoms with Crippen molar-refractivity contribution in [2.45, 2.75) is 160 Å². The average Bonchev–Trinajstić information content (AvgIpc) is 2.99. The van der Waals surface area contributed by atoms with Crippen LogP contribution in [-0.2, 0) is 19.6 Å². The molecule has 0 aliphatic heterocycles. The lowest BCUT2D eigenvalue weighted by molar-refractivity contribution is 0.0454. The van der Waals surface area contributed by atoms with E-state index in [1.54, 1.807) is 12.1 Å². The normalized spacial score (nSPS) is 12.3. The molecule has 1 unspecified atom stereocenters. The molecule has 0 saturated heterocycles. The van der Waals surface area contributed by atoms with Crippen molar-refractivity contribution < 1.29 is 32.0 Å². The molecule has 0 bridgehead atoms. The summed E-state index contributed by atoms with van der Waals surface area (Å²) in [6.45, 7) is 3.27. The largest absolute Gasteiger partial charge is 0.462 e. The third kappa shape index (κ3) is 20.6. The van der Waals surface area contributed by atoms with Crippen molar-refractivity contribution in [1.29, 1.82) is 0 Å². The van der Waals surface area contributed by atoms with Gasteiger partial charge in [0.15, 0.2) is 0 Å². The highest BCUT2D eigenvalue weighted by Crippen LogP contribution is 2.16. The van der Waals surface area contributed by atoms with Gasteiger partial charge in [0.05, 0.1) is 17.7 Å². The van der Waals surface area contributed by atoms with E-state index < -0.39 is 33.9 Å². The predicted octanol–water partition coefficient (Wildman–Crippen LogP) is 9.88. The van der Waals surface area contributed by atoms with E-state index in [2.05, 4.69) is 6.92 Å². The lowest BCUT2D eigenvalue weighted by atomic mass is 10.0. The van der Waals surface area contributed by atoms with Gasteiger partial charge < -0.3 is 9.47 Å².